The van der Waals surface area contributed by atoms with Gasteiger partial charge in [-0.25, -0.2) is 12.8 Å². The van der Waals surface area contributed by atoms with Crippen LogP contribution in [0.1, 0.15) is 35.4 Å². The van der Waals surface area contributed by atoms with Crippen molar-refractivity contribution >= 4 is 21.6 Å². The van der Waals surface area contributed by atoms with Crippen LogP contribution in [0.4, 0.5) is 10.1 Å². The maximum Gasteiger partial charge on any atom is 0.261 e. The standard InChI is InChI=1S/C29H29FN2O6S/c30-20-5-8-23(9-6-20)39(35,36)31-21-7-10-26-24(13-21)25-14-22(37-27(17-33)29(25)38-26)15-28(34)32-12-11-18-3-1-2-4-19(18)16-32/h1-10,13,22,25,27,29,31,33H,11-12,14-17H2/t22-,25+,27-,29-/m0/s1. The lowest BCUT2D eigenvalue weighted by Crippen LogP contribution is -2.48. The number of ether oxygens (including phenoxy) is 2. The molecule has 10 heteroatoms. The van der Waals surface area contributed by atoms with Crippen molar-refractivity contribution in [1.82, 2.24) is 4.90 Å². The number of aliphatic hydroxyl groups excluding tert-OH is 1. The molecule has 6 rings (SSSR count). The van der Waals surface area contributed by atoms with E-state index in [2.05, 4.69) is 10.8 Å². The van der Waals surface area contributed by atoms with E-state index in [0.717, 1.165) is 29.7 Å². The quantitative estimate of drug-likeness (QED) is 0.484. The Hall–Kier alpha value is -3.47. The smallest absolute Gasteiger partial charge is 0.261 e. The highest BCUT2D eigenvalue weighted by Gasteiger charge is 2.46. The van der Waals surface area contributed by atoms with Gasteiger partial charge in [-0.3, -0.25) is 9.52 Å². The van der Waals surface area contributed by atoms with Crippen molar-refractivity contribution in [3.05, 3.63) is 89.2 Å². The zero-order chi connectivity index (χ0) is 27.1. The summed E-state index contributed by atoms with van der Waals surface area (Å²) in [4.78, 5) is 15.0. The van der Waals surface area contributed by atoms with Crippen LogP contribution in [-0.4, -0.2) is 55.8 Å². The molecule has 4 atom stereocenters. The minimum absolute atomic E-state index is 0.00425. The number of carbonyl (C=O) groups is 1. The van der Waals surface area contributed by atoms with Crippen molar-refractivity contribution in [3.63, 3.8) is 0 Å². The second-order valence-corrected chi connectivity index (χ2v) is 11.9. The molecule has 0 unspecified atom stereocenters. The van der Waals surface area contributed by atoms with Crippen molar-refractivity contribution in [1.29, 1.82) is 0 Å². The Morgan fingerprint density at radius 3 is 2.62 bits per heavy atom. The van der Waals surface area contributed by atoms with Crippen LogP contribution in [0.25, 0.3) is 0 Å². The van der Waals surface area contributed by atoms with Crippen molar-refractivity contribution in [2.45, 2.75) is 54.9 Å². The summed E-state index contributed by atoms with van der Waals surface area (Å²) in [6.07, 6.45) is 0.0294. The predicted octanol–water partition coefficient (Wildman–Crippen LogP) is 3.60. The molecule has 3 aromatic rings. The number of halogens is 1. The van der Waals surface area contributed by atoms with Gasteiger partial charge in [-0.15, -0.1) is 0 Å². The number of rotatable bonds is 6. The molecule has 3 heterocycles. The third kappa shape index (κ3) is 5.11. The first-order chi connectivity index (χ1) is 18.8. The number of anilines is 1. The first-order valence-corrected chi connectivity index (χ1v) is 14.5. The molecule has 3 aliphatic rings. The number of fused-ring (bicyclic) bond motifs is 4. The zero-order valence-electron chi connectivity index (χ0n) is 21.1. The topological polar surface area (TPSA) is 105 Å². The van der Waals surface area contributed by atoms with Crippen LogP contribution in [0.2, 0.25) is 0 Å². The monoisotopic (exact) mass is 552 g/mol. The number of hydrogen-bond acceptors (Lipinski definition) is 6. The predicted molar refractivity (Wildman–Crippen MR) is 141 cm³/mol. The lowest BCUT2D eigenvalue weighted by atomic mass is 9.84. The molecule has 0 spiro atoms. The van der Waals surface area contributed by atoms with Gasteiger partial charge in [-0.2, -0.15) is 0 Å². The summed E-state index contributed by atoms with van der Waals surface area (Å²) < 4.78 is 53.7. The number of carbonyl (C=O) groups excluding carboxylic acids is 1. The molecule has 2 N–H and O–H groups in total. The highest BCUT2D eigenvalue weighted by Crippen LogP contribution is 2.47. The highest BCUT2D eigenvalue weighted by molar-refractivity contribution is 7.92. The molecule has 1 amide bonds. The number of nitrogens with one attached hydrogen (secondary N) is 1. The van der Waals surface area contributed by atoms with Gasteiger partial charge < -0.3 is 19.5 Å². The Kier molecular flexibility index (Phi) is 6.78. The highest BCUT2D eigenvalue weighted by atomic mass is 32.2. The van der Waals surface area contributed by atoms with Gasteiger partial charge >= 0.3 is 0 Å². The van der Waals surface area contributed by atoms with Gasteiger partial charge in [0.2, 0.25) is 5.91 Å². The average molecular weight is 553 g/mol. The fourth-order valence-electron chi connectivity index (χ4n) is 5.81. The molecule has 39 heavy (non-hydrogen) atoms. The molecule has 0 aromatic heterocycles. The van der Waals surface area contributed by atoms with E-state index in [1.54, 1.807) is 18.2 Å². The third-order valence-corrected chi connectivity index (χ3v) is 9.16. The number of nitrogens with zero attached hydrogens (tertiary/aromatic N) is 1. The molecular weight excluding hydrogens is 523 g/mol. The molecule has 204 valence electrons. The minimum atomic E-state index is -3.92. The number of aliphatic hydroxyl groups is 1. The summed E-state index contributed by atoms with van der Waals surface area (Å²) in [6, 6.07) is 17.7. The average Bonchev–Trinajstić information content (AvgIpc) is 3.30. The molecular formula is C29H29FN2O6S. The molecule has 0 radical (unpaired) electrons. The Labute approximate surface area is 226 Å². The van der Waals surface area contributed by atoms with Crippen LogP contribution in [0.3, 0.4) is 0 Å². The van der Waals surface area contributed by atoms with E-state index >= 15 is 0 Å². The lowest BCUT2D eigenvalue weighted by molar-refractivity contribution is -0.149. The summed E-state index contributed by atoms with van der Waals surface area (Å²) in [5.74, 6) is -0.104. The minimum Gasteiger partial charge on any atom is -0.487 e. The fraction of sp³-hybridized carbons (Fsp3) is 0.345. The summed E-state index contributed by atoms with van der Waals surface area (Å²) in [6.45, 7) is 0.962. The van der Waals surface area contributed by atoms with E-state index in [-0.39, 0.29) is 29.7 Å². The van der Waals surface area contributed by atoms with Gasteiger partial charge in [0.05, 0.1) is 24.0 Å². The molecule has 1 fully saturated rings. The zero-order valence-corrected chi connectivity index (χ0v) is 21.9. The first kappa shape index (κ1) is 25.8. The van der Waals surface area contributed by atoms with E-state index in [1.165, 1.54) is 17.7 Å². The maximum atomic E-state index is 13.3. The normalized spacial score (nSPS) is 23.8. The third-order valence-electron chi connectivity index (χ3n) is 7.76. The molecule has 1 saturated heterocycles. The Balaban J connectivity index is 1.18. The van der Waals surface area contributed by atoms with Gasteiger partial charge in [-0.05, 0) is 66.4 Å². The van der Waals surface area contributed by atoms with E-state index in [0.29, 0.717) is 30.9 Å². The van der Waals surface area contributed by atoms with Crippen LogP contribution in [0.5, 0.6) is 5.75 Å². The van der Waals surface area contributed by atoms with E-state index < -0.39 is 34.2 Å². The summed E-state index contributed by atoms with van der Waals surface area (Å²) in [5.41, 5.74) is 3.56. The van der Waals surface area contributed by atoms with E-state index in [9.17, 15) is 22.7 Å². The first-order valence-electron chi connectivity index (χ1n) is 13.0. The van der Waals surface area contributed by atoms with Gasteiger partial charge in [0.15, 0.2) is 0 Å². The van der Waals surface area contributed by atoms with Crippen LogP contribution in [0, 0.1) is 5.82 Å². The van der Waals surface area contributed by atoms with Crippen molar-refractivity contribution in [3.8, 4) is 5.75 Å². The van der Waals surface area contributed by atoms with Crippen molar-refractivity contribution < 1.29 is 32.2 Å². The van der Waals surface area contributed by atoms with Gasteiger partial charge in [0, 0.05) is 30.3 Å². The largest absolute Gasteiger partial charge is 0.487 e. The summed E-state index contributed by atoms with van der Waals surface area (Å²) in [7, 11) is -3.92. The SMILES string of the molecule is O=C(C[C@@H]1C[C@@H]2c3cc(NS(=O)(=O)c4ccc(F)cc4)ccc3O[C@@H]2[C@H](CO)O1)N1CCc2ccccc2C1. The van der Waals surface area contributed by atoms with E-state index in [4.69, 9.17) is 9.47 Å². The summed E-state index contributed by atoms with van der Waals surface area (Å²) >= 11 is 0. The molecule has 0 bridgehead atoms. The Morgan fingerprint density at radius 2 is 1.85 bits per heavy atom. The fourth-order valence-corrected chi connectivity index (χ4v) is 6.86. The Bertz CT molecular complexity index is 1500. The van der Waals surface area contributed by atoms with Crippen LogP contribution in [0.15, 0.2) is 71.6 Å². The second-order valence-electron chi connectivity index (χ2n) is 10.3. The van der Waals surface area contributed by atoms with Crippen LogP contribution >= 0.6 is 0 Å². The molecule has 0 aliphatic carbocycles. The number of hydrogen-bond donors (Lipinski definition) is 2. The molecule has 3 aromatic carbocycles. The lowest BCUT2D eigenvalue weighted by Gasteiger charge is -2.38. The van der Waals surface area contributed by atoms with Crippen molar-refractivity contribution in [2.75, 3.05) is 17.9 Å². The van der Waals surface area contributed by atoms with Crippen LogP contribution < -0.4 is 9.46 Å². The van der Waals surface area contributed by atoms with Gasteiger partial charge in [0.25, 0.3) is 10.0 Å². The van der Waals surface area contributed by atoms with Crippen LogP contribution in [-0.2, 0) is 32.5 Å². The van der Waals surface area contributed by atoms with Gasteiger partial charge in [0.1, 0.15) is 23.8 Å². The summed E-state index contributed by atoms with van der Waals surface area (Å²) in [5, 5.41) is 10.1. The number of sulfonamides is 1. The Morgan fingerprint density at radius 1 is 1.08 bits per heavy atom. The number of benzene rings is 3. The van der Waals surface area contributed by atoms with Gasteiger partial charge in [-0.1, -0.05) is 24.3 Å². The molecule has 0 saturated carbocycles. The second kappa shape index (κ2) is 10.3. The molecule has 3 aliphatic heterocycles. The van der Waals surface area contributed by atoms with E-state index in [1.807, 2.05) is 23.1 Å². The maximum absolute atomic E-state index is 13.3. The molecule has 8 nitrogen and oxygen atoms in total. The number of amides is 1. The van der Waals surface area contributed by atoms with Crippen molar-refractivity contribution in [2.24, 2.45) is 0 Å².